The van der Waals surface area contributed by atoms with E-state index in [4.69, 9.17) is 9.47 Å². The van der Waals surface area contributed by atoms with Gasteiger partial charge in [-0.3, -0.25) is 0 Å². The first-order valence-electron chi connectivity index (χ1n) is 9.89. The molecule has 1 aliphatic rings. The number of anilines is 2. The molecule has 2 N–H and O–H groups in total. The topological polar surface area (TPSA) is 49.5 Å². The molecule has 2 heterocycles. The Morgan fingerprint density at radius 3 is 2.50 bits per heavy atom. The van der Waals surface area contributed by atoms with Crippen LogP contribution in [0, 0.1) is 6.92 Å². The number of likely N-dealkylation sites (tertiary alicyclic amines) is 1. The van der Waals surface area contributed by atoms with E-state index in [1.807, 2.05) is 18.2 Å². The van der Waals surface area contributed by atoms with Gasteiger partial charge in [0, 0.05) is 29.0 Å². The third kappa shape index (κ3) is 3.42. The summed E-state index contributed by atoms with van der Waals surface area (Å²) in [4.78, 5) is 5.95. The fourth-order valence-electron chi connectivity index (χ4n) is 4.23. The molecule has 3 aromatic rings. The van der Waals surface area contributed by atoms with Gasteiger partial charge in [-0.15, -0.1) is 0 Å². The van der Waals surface area contributed by atoms with E-state index in [9.17, 15) is 0 Å². The van der Waals surface area contributed by atoms with Gasteiger partial charge in [0.05, 0.1) is 19.7 Å². The highest BCUT2D eigenvalue weighted by Gasteiger charge is 2.21. The van der Waals surface area contributed by atoms with Crippen LogP contribution in [0.3, 0.4) is 0 Å². The van der Waals surface area contributed by atoms with E-state index in [2.05, 4.69) is 47.5 Å². The minimum atomic E-state index is 0.647. The number of benzene rings is 2. The molecule has 1 fully saturated rings. The second kappa shape index (κ2) is 7.76. The molecule has 0 atom stereocenters. The Bertz CT molecular complexity index is 971. The first-order chi connectivity index (χ1) is 13.6. The van der Waals surface area contributed by atoms with Crippen LogP contribution in [0.2, 0.25) is 0 Å². The smallest absolute Gasteiger partial charge is 0.162 e. The van der Waals surface area contributed by atoms with Crippen LogP contribution in [0.1, 0.15) is 29.9 Å². The average molecular weight is 380 g/mol. The monoisotopic (exact) mass is 379 g/mol. The van der Waals surface area contributed by atoms with Crippen molar-refractivity contribution in [1.29, 1.82) is 0 Å². The molecule has 28 heavy (non-hydrogen) atoms. The van der Waals surface area contributed by atoms with E-state index in [-0.39, 0.29) is 0 Å². The molecule has 5 nitrogen and oxygen atoms in total. The Morgan fingerprint density at radius 1 is 1.04 bits per heavy atom. The molecule has 1 aromatic heterocycles. The van der Waals surface area contributed by atoms with E-state index in [0.29, 0.717) is 5.92 Å². The highest BCUT2D eigenvalue weighted by Crippen LogP contribution is 2.37. The van der Waals surface area contributed by atoms with Crippen LogP contribution in [-0.4, -0.2) is 44.2 Å². The number of H-pyrrole nitrogens is 1. The van der Waals surface area contributed by atoms with E-state index >= 15 is 0 Å². The minimum absolute atomic E-state index is 0.647. The molecule has 0 amide bonds. The Labute approximate surface area is 166 Å². The van der Waals surface area contributed by atoms with Crippen molar-refractivity contribution in [2.75, 3.05) is 39.7 Å². The molecule has 1 aliphatic heterocycles. The molecule has 0 unspecified atom stereocenters. The highest BCUT2D eigenvalue weighted by atomic mass is 16.5. The number of aromatic amines is 1. The molecule has 0 radical (unpaired) electrons. The second-order valence-corrected chi connectivity index (χ2v) is 7.68. The third-order valence-electron chi connectivity index (χ3n) is 5.97. The van der Waals surface area contributed by atoms with Crippen LogP contribution >= 0.6 is 0 Å². The van der Waals surface area contributed by atoms with Crippen LogP contribution in [0.25, 0.3) is 10.9 Å². The summed E-state index contributed by atoms with van der Waals surface area (Å²) < 4.78 is 10.7. The summed E-state index contributed by atoms with van der Waals surface area (Å²) >= 11 is 0. The Hall–Kier alpha value is -2.66. The lowest BCUT2D eigenvalue weighted by Crippen LogP contribution is -2.29. The lowest BCUT2D eigenvalue weighted by Gasteiger charge is -2.28. The van der Waals surface area contributed by atoms with Crippen molar-refractivity contribution in [3.8, 4) is 11.5 Å². The molecular weight excluding hydrogens is 350 g/mol. The first kappa shape index (κ1) is 18.7. The highest BCUT2D eigenvalue weighted by molar-refractivity contribution is 5.91. The van der Waals surface area contributed by atoms with Gasteiger partial charge in [0.2, 0.25) is 0 Å². The zero-order valence-electron chi connectivity index (χ0n) is 17.1. The van der Waals surface area contributed by atoms with Crippen molar-refractivity contribution in [1.82, 2.24) is 9.88 Å². The zero-order chi connectivity index (χ0) is 19.7. The normalized spacial score (nSPS) is 15.7. The minimum Gasteiger partial charge on any atom is -0.493 e. The maximum absolute atomic E-state index is 5.42. The number of nitrogens with one attached hydrogen (secondary N) is 2. The molecule has 1 saturated heterocycles. The van der Waals surface area contributed by atoms with E-state index in [1.165, 1.54) is 48.0 Å². The summed E-state index contributed by atoms with van der Waals surface area (Å²) in [5.41, 5.74) is 5.98. The summed E-state index contributed by atoms with van der Waals surface area (Å²) in [6.45, 7) is 4.52. The van der Waals surface area contributed by atoms with Crippen LogP contribution < -0.4 is 14.8 Å². The maximum atomic E-state index is 5.42. The number of aryl methyl sites for hydroxylation is 1. The second-order valence-electron chi connectivity index (χ2n) is 7.68. The number of ether oxygens (including phenoxy) is 2. The van der Waals surface area contributed by atoms with Crippen LogP contribution in [0.15, 0.2) is 36.5 Å². The Balaban J connectivity index is 1.62. The molecule has 0 spiro atoms. The lowest BCUT2D eigenvalue weighted by molar-refractivity contribution is 0.256. The summed E-state index contributed by atoms with van der Waals surface area (Å²) in [7, 11) is 5.51. The lowest BCUT2D eigenvalue weighted by atomic mass is 9.89. The molecule has 2 aromatic carbocycles. The fraction of sp³-hybridized carbons (Fsp3) is 0.391. The number of rotatable bonds is 5. The van der Waals surface area contributed by atoms with Crippen molar-refractivity contribution in [3.63, 3.8) is 0 Å². The van der Waals surface area contributed by atoms with Crippen LogP contribution in [0.5, 0.6) is 11.5 Å². The Kier molecular flexibility index (Phi) is 5.18. The molecule has 0 bridgehead atoms. The van der Waals surface area contributed by atoms with E-state index < -0.39 is 0 Å². The van der Waals surface area contributed by atoms with Crippen molar-refractivity contribution >= 4 is 22.3 Å². The first-order valence-corrected chi connectivity index (χ1v) is 9.89. The van der Waals surface area contributed by atoms with Gasteiger partial charge in [0.25, 0.3) is 0 Å². The fourth-order valence-corrected chi connectivity index (χ4v) is 4.23. The SMILES string of the molecule is COc1ccc(Nc2ccc3c(C4CCN(C)CC4)c[nH]c3c2C)cc1OC. The summed E-state index contributed by atoms with van der Waals surface area (Å²) in [6.07, 6.45) is 4.68. The van der Waals surface area contributed by atoms with Crippen LogP contribution in [0.4, 0.5) is 11.4 Å². The zero-order valence-corrected chi connectivity index (χ0v) is 17.1. The van der Waals surface area contributed by atoms with Crippen LogP contribution in [-0.2, 0) is 0 Å². The summed E-state index contributed by atoms with van der Waals surface area (Å²) in [5.74, 6) is 2.09. The van der Waals surface area contributed by atoms with Gasteiger partial charge >= 0.3 is 0 Å². The molecule has 0 aliphatic carbocycles. The van der Waals surface area contributed by atoms with Gasteiger partial charge in [-0.05, 0) is 75.1 Å². The van der Waals surface area contributed by atoms with Gasteiger partial charge in [-0.25, -0.2) is 0 Å². The number of hydrogen-bond acceptors (Lipinski definition) is 4. The molecule has 0 saturated carbocycles. The van der Waals surface area contributed by atoms with Gasteiger partial charge in [-0.1, -0.05) is 6.07 Å². The molecule has 5 heteroatoms. The van der Waals surface area contributed by atoms with Crippen molar-refractivity contribution in [3.05, 3.63) is 47.7 Å². The van der Waals surface area contributed by atoms with Crippen molar-refractivity contribution in [2.45, 2.75) is 25.7 Å². The number of piperidine rings is 1. The average Bonchev–Trinajstić information content (AvgIpc) is 3.15. The quantitative estimate of drug-likeness (QED) is 0.652. The number of fused-ring (bicyclic) bond motifs is 1. The number of hydrogen-bond donors (Lipinski definition) is 2. The molecule has 4 rings (SSSR count). The predicted octanol–water partition coefficient (Wildman–Crippen LogP) is 5.05. The van der Waals surface area contributed by atoms with Gasteiger partial charge in [-0.2, -0.15) is 0 Å². The van der Waals surface area contributed by atoms with Crippen molar-refractivity contribution in [2.24, 2.45) is 0 Å². The van der Waals surface area contributed by atoms with Crippen molar-refractivity contribution < 1.29 is 9.47 Å². The number of nitrogens with zero attached hydrogens (tertiary/aromatic N) is 1. The van der Waals surface area contributed by atoms with Gasteiger partial charge in [0.15, 0.2) is 11.5 Å². The number of methoxy groups -OCH3 is 2. The predicted molar refractivity (Wildman–Crippen MR) is 115 cm³/mol. The summed E-state index contributed by atoms with van der Waals surface area (Å²) in [6, 6.07) is 10.3. The Morgan fingerprint density at radius 2 is 1.79 bits per heavy atom. The molecule has 148 valence electrons. The standard InChI is InChI=1S/C23H29N3O2/c1-15-20(25-17-5-8-21(27-3)22(13-17)28-4)7-6-18-19(14-24-23(15)18)16-9-11-26(2)12-10-16/h5-8,13-14,16,24-25H,9-12H2,1-4H3. The van der Waals surface area contributed by atoms with Gasteiger partial charge < -0.3 is 24.7 Å². The number of aromatic nitrogens is 1. The van der Waals surface area contributed by atoms with E-state index in [1.54, 1.807) is 14.2 Å². The van der Waals surface area contributed by atoms with E-state index in [0.717, 1.165) is 22.9 Å². The largest absolute Gasteiger partial charge is 0.493 e. The maximum Gasteiger partial charge on any atom is 0.162 e. The molecular formula is C23H29N3O2. The summed E-state index contributed by atoms with van der Waals surface area (Å²) in [5, 5.41) is 4.87. The third-order valence-corrected chi connectivity index (χ3v) is 5.97. The van der Waals surface area contributed by atoms with Gasteiger partial charge in [0.1, 0.15) is 0 Å².